The maximum atomic E-state index is 12.9. The zero-order valence-corrected chi connectivity index (χ0v) is 19.0. The zero-order valence-electron chi connectivity index (χ0n) is 19.0. The summed E-state index contributed by atoms with van der Waals surface area (Å²) in [6.45, 7) is 5.74. The van der Waals surface area contributed by atoms with E-state index in [4.69, 9.17) is 24.0 Å². The van der Waals surface area contributed by atoms with Gasteiger partial charge >= 0.3 is 5.97 Å². The van der Waals surface area contributed by atoms with Gasteiger partial charge in [-0.2, -0.15) is 5.26 Å². The lowest BCUT2D eigenvalue weighted by atomic mass is 9.87. The Morgan fingerprint density at radius 1 is 1.12 bits per heavy atom. The molecule has 1 atom stereocenters. The van der Waals surface area contributed by atoms with Crippen molar-refractivity contribution in [1.29, 1.82) is 5.26 Å². The van der Waals surface area contributed by atoms with Crippen LogP contribution in [0.3, 0.4) is 0 Å². The Balaban J connectivity index is 1.47. The number of fused-ring (bicyclic) bond motifs is 2. The van der Waals surface area contributed by atoms with Crippen molar-refractivity contribution in [3.05, 3.63) is 94.0 Å². The third-order valence-corrected chi connectivity index (χ3v) is 6.04. The Hall–Kier alpha value is -4.44. The van der Waals surface area contributed by atoms with Gasteiger partial charge in [-0.25, -0.2) is 4.79 Å². The Morgan fingerprint density at radius 3 is 2.65 bits per heavy atom. The number of hydrogen-bond donors (Lipinski definition) is 1. The summed E-state index contributed by atoms with van der Waals surface area (Å²) in [4.78, 5) is 12.9. The largest absolute Gasteiger partial charge is 0.465 e. The summed E-state index contributed by atoms with van der Waals surface area (Å²) in [7, 11) is 0. The van der Waals surface area contributed by atoms with Crippen LogP contribution in [0.5, 0.6) is 11.5 Å². The standard InChI is InChI=1S/C27H22N2O5/c1-4-16-6-10-21-19(11-16)15(3)25(33-21)27(30)32-17-7-8-18-23(12-17)34-26(29)20(13-28)24(18)22-9-5-14(2)31-22/h5-12,24H,4,29H2,1-3H3. The number of ether oxygens (including phenoxy) is 2. The molecule has 0 fully saturated rings. The van der Waals surface area contributed by atoms with Gasteiger partial charge in [-0.05, 0) is 56.2 Å². The number of nitrogens with two attached hydrogens (primary N) is 1. The lowest BCUT2D eigenvalue weighted by molar-refractivity contribution is 0.0702. The van der Waals surface area contributed by atoms with Crippen LogP contribution in [0, 0.1) is 25.2 Å². The number of rotatable bonds is 4. The number of carbonyl (C=O) groups excluding carboxylic acids is 1. The summed E-state index contributed by atoms with van der Waals surface area (Å²) in [5.74, 6) is 0.955. The molecule has 0 saturated carbocycles. The van der Waals surface area contributed by atoms with E-state index in [9.17, 15) is 10.1 Å². The number of esters is 1. The highest BCUT2D eigenvalue weighted by Gasteiger charge is 2.33. The normalized spacial score (nSPS) is 15.1. The van der Waals surface area contributed by atoms with Crippen LogP contribution in [0.1, 0.15) is 51.6 Å². The van der Waals surface area contributed by atoms with E-state index in [1.165, 1.54) is 0 Å². The van der Waals surface area contributed by atoms with E-state index in [0.29, 0.717) is 22.7 Å². The van der Waals surface area contributed by atoms with Gasteiger partial charge in [-0.3, -0.25) is 0 Å². The molecule has 1 aliphatic rings. The first kappa shape index (κ1) is 21.4. The summed E-state index contributed by atoms with van der Waals surface area (Å²) < 4.78 is 22.9. The molecule has 4 aromatic rings. The molecule has 3 heterocycles. The lowest BCUT2D eigenvalue weighted by Gasteiger charge is -2.25. The van der Waals surface area contributed by atoms with Gasteiger partial charge in [-0.1, -0.05) is 19.1 Å². The third-order valence-electron chi connectivity index (χ3n) is 6.04. The molecule has 1 unspecified atom stereocenters. The molecule has 7 nitrogen and oxygen atoms in total. The van der Waals surface area contributed by atoms with Gasteiger partial charge < -0.3 is 24.0 Å². The van der Waals surface area contributed by atoms with E-state index in [2.05, 4.69) is 13.0 Å². The van der Waals surface area contributed by atoms with Gasteiger partial charge in [0, 0.05) is 22.6 Å². The number of aryl methyl sites for hydroxylation is 3. The minimum atomic E-state index is -0.609. The summed E-state index contributed by atoms with van der Waals surface area (Å²) in [6.07, 6.45) is 0.888. The molecule has 0 spiro atoms. The second-order valence-corrected chi connectivity index (χ2v) is 8.20. The second-order valence-electron chi connectivity index (χ2n) is 8.20. The van der Waals surface area contributed by atoms with Crippen LogP contribution >= 0.6 is 0 Å². The Labute approximate surface area is 196 Å². The Kier molecular flexibility index (Phi) is 5.14. The highest BCUT2D eigenvalue weighted by atomic mass is 16.5. The van der Waals surface area contributed by atoms with Crippen molar-refractivity contribution in [3.63, 3.8) is 0 Å². The molecular weight excluding hydrogens is 432 g/mol. The van der Waals surface area contributed by atoms with Crippen LogP contribution < -0.4 is 15.2 Å². The van der Waals surface area contributed by atoms with E-state index in [1.54, 1.807) is 18.2 Å². The van der Waals surface area contributed by atoms with Gasteiger partial charge in [0.2, 0.25) is 11.6 Å². The predicted molar refractivity (Wildman–Crippen MR) is 124 cm³/mol. The number of hydrogen-bond acceptors (Lipinski definition) is 7. The molecule has 2 aromatic carbocycles. The monoisotopic (exact) mass is 454 g/mol. The first-order valence-corrected chi connectivity index (χ1v) is 10.9. The number of nitrogens with zero attached hydrogens (tertiary/aromatic N) is 1. The summed E-state index contributed by atoms with van der Waals surface area (Å²) in [6, 6.07) is 16.6. The molecule has 5 rings (SSSR count). The molecular formula is C27H22N2O5. The summed E-state index contributed by atoms with van der Waals surface area (Å²) in [5.41, 5.74) is 9.50. The number of carbonyl (C=O) groups is 1. The minimum Gasteiger partial charge on any atom is -0.465 e. The van der Waals surface area contributed by atoms with Crippen LogP contribution in [0.4, 0.5) is 0 Å². The van der Waals surface area contributed by atoms with E-state index < -0.39 is 11.9 Å². The first-order chi connectivity index (χ1) is 16.4. The van der Waals surface area contributed by atoms with Crippen molar-refractivity contribution in [2.45, 2.75) is 33.1 Å². The first-order valence-electron chi connectivity index (χ1n) is 10.9. The van der Waals surface area contributed by atoms with Gasteiger partial charge in [-0.15, -0.1) is 0 Å². The number of benzene rings is 2. The predicted octanol–water partition coefficient (Wildman–Crippen LogP) is 5.64. The van der Waals surface area contributed by atoms with Gasteiger partial charge in [0.15, 0.2) is 0 Å². The Morgan fingerprint density at radius 2 is 1.94 bits per heavy atom. The zero-order chi connectivity index (χ0) is 24.0. The van der Waals surface area contributed by atoms with Crippen LogP contribution in [0.15, 0.2) is 68.8 Å². The molecule has 0 saturated heterocycles. The average molecular weight is 454 g/mol. The summed E-state index contributed by atoms with van der Waals surface area (Å²) >= 11 is 0. The molecule has 2 N–H and O–H groups in total. The van der Waals surface area contributed by atoms with E-state index in [-0.39, 0.29) is 23.0 Å². The van der Waals surface area contributed by atoms with Crippen molar-refractivity contribution in [2.75, 3.05) is 0 Å². The molecule has 34 heavy (non-hydrogen) atoms. The van der Waals surface area contributed by atoms with Crippen molar-refractivity contribution in [1.82, 2.24) is 0 Å². The maximum Gasteiger partial charge on any atom is 0.379 e. The van der Waals surface area contributed by atoms with Crippen molar-refractivity contribution < 1.29 is 23.1 Å². The molecule has 0 radical (unpaired) electrons. The maximum absolute atomic E-state index is 12.9. The van der Waals surface area contributed by atoms with Crippen molar-refractivity contribution >= 4 is 16.9 Å². The quantitative estimate of drug-likeness (QED) is 0.314. The van der Waals surface area contributed by atoms with E-state index in [0.717, 1.165) is 28.7 Å². The average Bonchev–Trinajstić information content (AvgIpc) is 3.40. The van der Waals surface area contributed by atoms with Crippen LogP contribution in [0.2, 0.25) is 0 Å². The molecule has 0 aliphatic carbocycles. The molecule has 0 amide bonds. The fourth-order valence-electron chi connectivity index (χ4n) is 4.24. The van der Waals surface area contributed by atoms with Crippen molar-refractivity contribution in [2.24, 2.45) is 5.73 Å². The second kappa shape index (κ2) is 8.16. The number of furan rings is 2. The highest BCUT2D eigenvalue weighted by Crippen LogP contribution is 2.44. The molecule has 1 aliphatic heterocycles. The topological polar surface area (TPSA) is 112 Å². The highest BCUT2D eigenvalue weighted by molar-refractivity contribution is 5.97. The lowest BCUT2D eigenvalue weighted by Crippen LogP contribution is -2.21. The third kappa shape index (κ3) is 3.50. The SMILES string of the molecule is CCc1ccc2oc(C(=O)Oc3ccc4c(c3)OC(N)=C(C#N)C4c3ccc(C)o3)c(C)c2c1. The molecule has 0 bridgehead atoms. The van der Waals surface area contributed by atoms with Gasteiger partial charge in [0.25, 0.3) is 0 Å². The number of nitriles is 1. The number of allylic oxidation sites excluding steroid dienone is 1. The van der Waals surface area contributed by atoms with E-state index in [1.807, 2.05) is 44.2 Å². The fraction of sp³-hybridized carbons (Fsp3) is 0.185. The molecule has 7 heteroatoms. The van der Waals surface area contributed by atoms with Gasteiger partial charge in [0.1, 0.15) is 40.2 Å². The van der Waals surface area contributed by atoms with Crippen LogP contribution in [-0.4, -0.2) is 5.97 Å². The molecule has 170 valence electrons. The van der Waals surface area contributed by atoms with Crippen LogP contribution in [-0.2, 0) is 6.42 Å². The minimum absolute atomic E-state index is 0.0163. The summed E-state index contributed by atoms with van der Waals surface area (Å²) in [5, 5.41) is 10.5. The fourth-order valence-corrected chi connectivity index (χ4v) is 4.24. The van der Waals surface area contributed by atoms with Crippen LogP contribution in [0.25, 0.3) is 11.0 Å². The Bertz CT molecular complexity index is 1520. The van der Waals surface area contributed by atoms with Crippen molar-refractivity contribution in [3.8, 4) is 17.6 Å². The molecule has 2 aromatic heterocycles. The smallest absolute Gasteiger partial charge is 0.379 e. The van der Waals surface area contributed by atoms with E-state index >= 15 is 0 Å². The van der Waals surface area contributed by atoms with Gasteiger partial charge in [0.05, 0.1) is 5.92 Å².